The number of pyridine rings is 1. The van der Waals surface area contributed by atoms with E-state index >= 15 is 0 Å². The van der Waals surface area contributed by atoms with E-state index in [-0.39, 0.29) is 18.6 Å². The second-order valence-electron chi connectivity index (χ2n) is 6.24. The summed E-state index contributed by atoms with van der Waals surface area (Å²) in [6.45, 7) is 1.61. The second-order valence-corrected chi connectivity index (χ2v) is 6.24. The lowest BCUT2D eigenvalue weighted by atomic mass is 9.94. The lowest BCUT2D eigenvalue weighted by molar-refractivity contribution is -0.139. The maximum atomic E-state index is 12.4. The SMILES string of the molecule is COCC(C)(CC(=O)O)NC(=O)c1cc2c([nH]c1=O)CCCC2. The number of aromatic amines is 1. The molecule has 2 rings (SSSR count). The minimum absolute atomic E-state index is 0.0124. The van der Waals surface area contributed by atoms with Gasteiger partial charge in [-0.15, -0.1) is 0 Å². The number of hydrogen-bond acceptors (Lipinski definition) is 4. The largest absolute Gasteiger partial charge is 0.481 e. The normalized spacial score (nSPS) is 16.3. The molecule has 7 heteroatoms. The molecule has 126 valence electrons. The van der Waals surface area contributed by atoms with Gasteiger partial charge in [0.1, 0.15) is 5.56 Å². The highest BCUT2D eigenvalue weighted by molar-refractivity contribution is 5.94. The van der Waals surface area contributed by atoms with Crippen LogP contribution in [0.3, 0.4) is 0 Å². The Balaban J connectivity index is 2.25. The number of hydrogen-bond donors (Lipinski definition) is 3. The smallest absolute Gasteiger partial charge is 0.305 e. The van der Waals surface area contributed by atoms with Gasteiger partial charge in [0, 0.05) is 12.8 Å². The number of carboxylic acids is 1. The quantitative estimate of drug-likeness (QED) is 0.720. The van der Waals surface area contributed by atoms with Crippen LogP contribution in [0.2, 0.25) is 0 Å². The summed E-state index contributed by atoms with van der Waals surface area (Å²) in [6, 6.07) is 1.62. The highest BCUT2D eigenvalue weighted by Crippen LogP contribution is 2.19. The Bertz CT molecular complexity index is 667. The molecule has 1 aliphatic rings. The zero-order valence-corrected chi connectivity index (χ0v) is 13.4. The Hall–Kier alpha value is -2.15. The van der Waals surface area contributed by atoms with E-state index in [1.165, 1.54) is 7.11 Å². The van der Waals surface area contributed by atoms with Crippen molar-refractivity contribution in [1.29, 1.82) is 0 Å². The molecule has 1 unspecified atom stereocenters. The number of carboxylic acid groups (broad SMARTS) is 1. The Labute approximate surface area is 134 Å². The highest BCUT2D eigenvalue weighted by Gasteiger charge is 2.31. The summed E-state index contributed by atoms with van der Waals surface area (Å²) in [5.41, 5.74) is 0.354. The number of ether oxygens (including phenoxy) is 1. The summed E-state index contributed by atoms with van der Waals surface area (Å²) in [5, 5.41) is 11.6. The van der Waals surface area contributed by atoms with E-state index in [1.807, 2.05) is 0 Å². The average molecular weight is 322 g/mol. The molecule has 0 radical (unpaired) electrons. The second kappa shape index (κ2) is 6.95. The fourth-order valence-corrected chi connectivity index (χ4v) is 2.97. The molecule has 1 aromatic rings. The first-order valence-corrected chi connectivity index (χ1v) is 7.63. The van der Waals surface area contributed by atoms with E-state index < -0.39 is 23.0 Å². The summed E-state index contributed by atoms with van der Waals surface area (Å²) >= 11 is 0. The topological polar surface area (TPSA) is 108 Å². The highest BCUT2D eigenvalue weighted by atomic mass is 16.5. The molecular weight excluding hydrogens is 300 g/mol. The number of H-pyrrole nitrogens is 1. The Morgan fingerprint density at radius 2 is 2.09 bits per heavy atom. The van der Waals surface area contributed by atoms with Gasteiger partial charge < -0.3 is 20.1 Å². The Morgan fingerprint density at radius 3 is 2.74 bits per heavy atom. The minimum Gasteiger partial charge on any atom is -0.481 e. The van der Waals surface area contributed by atoms with Crippen molar-refractivity contribution in [1.82, 2.24) is 10.3 Å². The molecule has 7 nitrogen and oxygen atoms in total. The summed E-state index contributed by atoms with van der Waals surface area (Å²) in [7, 11) is 1.43. The van der Waals surface area contributed by atoms with Gasteiger partial charge in [-0.25, -0.2) is 0 Å². The number of fused-ring (bicyclic) bond motifs is 1. The van der Waals surface area contributed by atoms with Gasteiger partial charge in [-0.1, -0.05) is 0 Å². The van der Waals surface area contributed by atoms with Crippen molar-refractivity contribution >= 4 is 11.9 Å². The summed E-state index contributed by atoms with van der Waals surface area (Å²) in [5.74, 6) is -1.63. The van der Waals surface area contributed by atoms with Crippen molar-refractivity contribution in [3.8, 4) is 0 Å². The minimum atomic E-state index is -1.08. The number of aliphatic carboxylic acids is 1. The lowest BCUT2D eigenvalue weighted by Gasteiger charge is -2.28. The third-order valence-electron chi connectivity index (χ3n) is 4.00. The van der Waals surface area contributed by atoms with E-state index in [1.54, 1.807) is 13.0 Å². The van der Waals surface area contributed by atoms with Gasteiger partial charge in [0.2, 0.25) is 0 Å². The molecule has 0 bridgehead atoms. The Morgan fingerprint density at radius 1 is 1.39 bits per heavy atom. The van der Waals surface area contributed by atoms with Crippen LogP contribution in [-0.2, 0) is 22.4 Å². The number of carbonyl (C=O) groups is 2. The van der Waals surface area contributed by atoms with Gasteiger partial charge in [0.05, 0.1) is 18.6 Å². The maximum Gasteiger partial charge on any atom is 0.305 e. The van der Waals surface area contributed by atoms with Gasteiger partial charge in [0.15, 0.2) is 0 Å². The maximum absolute atomic E-state index is 12.4. The van der Waals surface area contributed by atoms with E-state index in [9.17, 15) is 14.4 Å². The van der Waals surface area contributed by atoms with Crippen LogP contribution in [0.1, 0.15) is 47.8 Å². The van der Waals surface area contributed by atoms with Crippen LogP contribution in [0.25, 0.3) is 0 Å². The lowest BCUT2D eigenvalue weighted by Crippen LogP contribution is -2.51. The molecule has 1 aliphatic carbocycles. The predicted molar refractivity (Wildman–Crippen MR) is 83.7 cm³/mol. The Kier molecular flexibility index (Phi) is 5.20. The molecule has 0 spiro atoms. The van der Waals surface area contributed by atoms with Crippen molar-refractivity contribution in [2.24, 2.45) is 0 Å². The fourth-order valence-electron chi connectivity index (χ4n) is 2.97. The van der Waals surface area contributed by atoms with Crippen LogP contribution in [0.4, 0.5) is 0 Å². The first-order chi connectivity index (χ1) is 10.8. The number of rotatable bonds is 6. The monoisotopic (exact) mass is 322 g/mol. The molecule has 0 aliphatic heterocycles. The van der Waals surface area contributed by atoms with Crippen LogP contribution >= 0.6 is 0 Å². The summed E-state index contributed by atoms with van der Waals surface area (Å²) in [6.07, 6.45) is 3.40. The molecule has 23 heavy (non-hydrogen) atoms. The third kappa shape index (κ3) is 4.19. The van der Waals surface area contributed by atoms with Crippen molar-refractivity contribution in [2.45, 2.75) is 44.6 Å². The van der Waals surface area contributed by atoms with Gasteiger partial charge in [-0.3, -0.25) is 14.4 Å². The van der Waals surface area contributed by atoms with Crippen LogP contribution < -0.4 is 10.9 Å². The van der Waals surface area contributed by atoms with Crippen LogP contribution in [0.5, 0.6) is 0 Å². The fraction of sp³-hybridized carbons (Fsp3) is 0.562. The number of carbonyl (C=O) groups excluding carboxylic acids is 1. The van der Waals surface area contributed by atoms with E-state index in [0.717, 1.165) is 36.9 Å². The number of methoxy groups -OCH3 is 1. The first-order valence-electron chi connectivity index (χ1n) is 7.63. The van der Waals surface area contributed by atoms with Crippen molar-refractivity contribution < 1.29 is 19.4 Å². The standard InChI is InChI=1S/C16H22N2O5/c1-16(9-23-2,8-13(19)20)18-15(22)11-7-10-5-3-4-6-12(10)17-14(11)21/h7H,3-6,8-9H2,1-2H3,(H,17,21)(H,18,22)(H,19,20). The molecule has 0 aromatic carbocycles. The van der Waals surface area contributed by atoms with Crippen LogP contribution in [0, 0.1) is 0 Å². The van der Waals surface area contributed by atoms with E-state index in [2.05, 4.69) is 10.3 Å². The molecule has 0 saturated heterocycles. The van der Waals surface area contributed by atoms with Crippen LogP contribution in [-0.4, -0.2) is 41.2 Å². The molecular formula is C16H22N2O5. The van der Waals surface area contributed by atoms with Gasteiger partial charge >= 0.3 is 5.97 Å². The average Bonchev–Trinajstić information content (AvgIpc) is 2.45. The van der Waals surface area contributed by atoms with Crippen molar-refractivity contribution in [2.75, 3.05) is 13.7 Å². The molecule has 1 heterocycles. The summed E-state index contributed by atoms with van der Waals surface area (Å²) in [4.78, 5) is 38.3. The van der Waals surface area contributed by atoms with Gasteiger partial charge in [-0.2, -0.15) is 0 Å². The molecule has 0 fully saturated rings. The molecule has 3 N–H and O–H groups in total. The number of aromatic nitrogens is 1. The van der Waals surface area contributed by atoms with Gasteiger partial charge in [-0.05, 0) is 44.2 Å². The zero-order valence-electron chi connectivity index (χ0n) is 13.4. The first kappa shape index (κ1) is 17.2. The van der Waals surface area contributed by atoms with E-state index in [0.29, 0.717) is 0 Å². The van der Waals surface area contributed by atoms with Gasteiger partial charge in [0.25, 0.3) is 11.5 Å². The molecule has 1 amide bonds. The van der Waals surface area contributed by atoms with E-state index in [4.69, 9.17) is 9.84 Å². The number of amides is 1. The van der Waals surface area contributed by atoms with Crippen molar-refractivity contribution in [3.05, 3.63) is 33.2 Å². The predicted octanol–water partition coefficient (Wildman–Crippen LogP) is 0.863. The zero-order chi connectivity index (χ0) is 17.0. The third-order valence-corrected chi connectivity index (χ3v) is 4.00. The molecule has 0 saturated carbocycles. The summed E-state index contributed by atoms with van der Waals surface area (Å²) < 4.78 is 5.00. The van der Waals surface area contributed by atoms with Crippen molar-refractivity contribution in [3.63, 3.8) is 0 Å². The number of aryl methyl sites for hydroxylation is 2. The van der Waals surface area contributed by atoms with Crippen LogP contribution in [0.15, 0.2) is 10.9 Å². The molecule has 1 aromatic heterocycles. The molecule has 1 atom stereocenters. The number of nitrogens with one attached hydrogen (secondary N) is 2.